The molecule has 1 aliphatic carbocycles. The molecule has 1 aliphatic rings. The molecule has 0 amide bonds. The molecule has 0 unspecified atom stereocenters. The van der Waals surface area contributed by atoms with E-state index in [2.05, 4.69) is 23.4 Å². The van der Waals surface area contributed by atoms with Gasteiger partial charge in [0.05, 0.1) is 12.1 Å². The van der Waals surface area contributed by atoms with Gasteiger partial charge < -0.3 is 9.67 Å². The van der Waals surface area contributed by atoms with Gasteiger partial charge in [-0.15, -0.1) is 0 Å². The SMILES string of the molecule is CC(C)c1nccn1[C@H]1CCC[C@@H]1O. The summed E-state index contributed by atoms with van der Waals surface area (Å²) >= 11 is 0. The summed E-state index contributed by atoms with van der Waals surface area (Å²) < 4.78 is 2.16. The molecule has 1 fully saturated rings. The Balaban J connectivity index is 2.26. The highest BCUT2D eigenvalue weighted by Crippen LogP contribution is 2.32. The number of aromatic nitrogens is 2. The third-order valence-corrected chi connectivity index (χ3v) is 3.02. The molecule has 3 heteroatoms. The zero-order valence-corrected chi connectivity index (χ0v) is 8.85. The molecular formula is C11H18N2O. The average molecular weight is 194 g/mol. The number of nitrogens with zero attached hydrogens (tertiary/aromatic N) is 2. The minimum atomic E-state index is -0.179. The van der Waals surface area contributed by atoms with Gasteiger partial charge in [0.15, 0.2) is 0 Å². The Kier molecular flexibility index (Phi) is 2.59. The first-order chi connectivity index (χ1) is 6.70. The molecule has 1 heterocycles. The van der Waals surface area contributed by atoms with Crippen LogP contribution in [0.2, 0.25) is 0 Å². The highest BCUT2D eigenvalue weighted by Gasteiger charge is 2.28. The molecule has 78 valence electrons. The molecule has 1 aromatic rings. The van der Waals surface area contributed by atoms with Crippen molar-refractivity contribution < 1.29 is 5.11 Å². The fraction of sp³-hybridized carbons (Fsp3) is 0.727. The minimum absolute atomic E-state index is 0.179. The fourth-order valence-electron chi connectivity index (χ4n) is 2.30. The molecule has 0 spiro atoms. The van der Waals surface area contributed by atoms with Gasteiger partial charge in [-0.1, -0.05) is 13.8 Å². The van der Waals surface area contributed by atoms with Crippen LogP contribution >= 0.6 is 0 Å². The van der Waals surface area contributed by atoms with Gasteiger partial charge in [-0.3, -0.25) is 0 Å². The molecule has 0 bridgehead atoms. The number of imidazole rings is 1. The van der Waals surface area contributed by atoms with E-state index in [0.717, 1.165) is 25.1 Å². The molecule has 0 radical (unpaired) electrons. The molecule has 3 nitrogen and oxygen atoms in total. The molecule has 1 saturated carbocycles. The lowest BCUT2D eigenvalue weighted by Crippen LogP contribution is -2.20. The Labute approximate surface area is 84.8 Å². The predicted octanol–water partition coefficient (Wildman–Crippen LogP) is 2.09. The van der Waals surface area contributed by atoms with Crippen LogP contribution in [0.15, 0.2) is 12.4 Å². The second kappa shape index (κ2) is 3.73. The van der Waals surface area contributed by atoms with Crippen LogP contribution in [0.4, 0.5) is 0 Å². The number of hydrogen-bond donors (Lipinski definition) is 1. The fourth-order valence-corrected chi connectivity index (χ4v) is 2.30. The Morgan fingerprint density at radius 3 is 2.86 bits per heavy atom. The van der Waals surface area contributed by atoms with Crippen molar-refractivity contribution in [3.05, 3.63) is 18.2 Å². The number of aliphatic hydroxyl groups excluding tert-OH is 1. The topological polar surface area (TPSA) is 38.0 Å². The van der Waals surface area contributed by atoms with E-state index in [9.17, 15) is 5.11 Å². The van der Waals surface area contributed by atoms with Gasteiger partial charge in [0.25, 0.3) is 0 Å². The minimum Gasteiger partial charge on any atom is -0.391 e. The van der Waals surface area contributed by atoms with E-state index in [1.165, 1.54) is 0 Å². The zero-order valence-electron chi connectivity index (χ0n) is 8.85. The van der Waals surface area contributed by atoms with Gasteiger partial charge in [-0.25, -0.2) is 4.98 Å². The first-order valence-electron chi connectivity index (χ1n) is 5.41. The van der Waals surface area contributed by atoms with Crippen molar-refractivity contribution in [3.8, 4) is 0 Å². The summed E-state index contributed by atoms with van der Waals surface area (Å²) in [6, 6.07) is 0.259. The number of aliphatic hydroxyl groups is 1. The summed E-state index contributed by atoms with van der Waals surface area (Å²) in [4.78, 5) is 4.35. The van der Waals surface area contributed by atoms with E-state index in [1.807, 2.05) is 12.4 Å². The van der Waals surface area contributed by atoms with Gasteiger partial charge in [0, 0.05) is 18.3 Å². The van der Waals surface area contributed by atoms with Crippen molar-refractivity contribution >= 4 is 0 Å². The highest BCUT2D eigenvalue weighted by atomic mass is 16.3. The quantitative estimate of drug-likeness (QED) is 0.782. The van der Waals surface area contributed by atoms with Crippen LogP contribution in [0, 0.1) is 0 Å². The van der Waals surface area contributed by atoms with Crippen molar-refractivity contribution in [1.29, 1.82) is 0 Å². The maximum Gasteiger partial charge on any atom is 0.111 e. The third-order valence-electron chi connectivity index (χ3n) is 3.02. The smallest absolute Gasteiger partial charge is 0.111 e. The standard InChI is InChI=1S/C11H18N2O/c1-8(2)11-12-6-7-13(11)9-4-3-5-10(9)14/h6-10,14H,3-5H2,1-2H3/t9-,10-/m0/s1. The molecule has 2 atom stereocenters. The van der Waals surface area contributed by atoms with E-state index in [-0.39, 0.29) is 12.1 Å². The van der Waals surface area contributed by atoms with Gasteiger partial charge in [0.1, 0.15) is 5.82 Å². The molecular weight excluding hydrogens is 176 g/mol. The van der Waals surface area contributed by atoms with Gasteiger partial charge in [-0.05, 0) is 19.3 Å². The lowest BCUT2D eigenvalue weighted by molar-refractivity contribution is 0.134. The first kappa shape index (κ1) is 9.71. The summed E-state index contributed by atoms with van der Waals surface area (Å²) in [7, 11) is 0. The molecule has 1 aromatic heterocycles. The van der Waals surface area contributed by atoms with Crippen molar-refractivity contribution in [3.63, 3.8) is 0 Å². The summed E-state index contributed by atoms with van der Waals surface area (Å²) in [5, 5.41) is 9.82. The van der Waals surface area contributed by atoms with Gasteiger partial charge in [0.2, 0.25) is 0 Å². The molecule has 0 aromatic carbocycles. The van der Waals surface area contributed by atoms with Crippen LogP contribution in [-0.4, -0.2) is 20.8 Å². The van der Waals surface area contributed by atoms with E-state index in [4.69, 9.17) is 0 Å². The Morgan fingerprint density at radius 2 is 2.29 bits per heavy atom. The van der Waals surface area contributed by atoms with E-state index in [1.54, 1.807) is 0 Å². The Hall–Kier alpha value is -0.830. The van der Waals surface area contributed by atoms with Crippen LogP contribution in [0.5, 0.6) is 0 Å². The van der Waals surface area contributed by atoms with E-state index in [0.29, 0.717) is 5.92 Å². The summed E-state index contributed by atoms with van der Waals surface area (Å²) in [6.07, 6.45) is 6.79. The molecule has 0 saturated heterocycles. The molecule has 0 aliphatic heterocycles. The lowest BCUT2D eigenvalue weighted by Gasteiger charge is -2.20. The molecule has 2 rings (SSSR count). The van der Waals surface area contributed by atoms with Crippen LogP contribution < -0.4 is 0 Å². The van der Waals surface area contributed by atoms with Crippen LogP contribution in [-0.2, 0) is 0 Å². The monoisotopic (exact) mass is 194 g/mol. The van der Waals surface area contributed by atoms with Crippen LogP contribution in [0.1, 0.15) is 50.9 Å². The van der Waals surface area contributed by atoms with Crippen molar-refractivity contribution in [2.24, 2.45) is 0 Å². The van der Waals surface area contributed by atoms with Crippen molar-refractivity contribution in [2.45, 2.75) is 51.2 Å². The van der Waals surface area contributed by atoms with Gasteiger partial charge >= 0.3 is 0 Å². The van der Waals surface area contributed by atoms with Crippen LogP contribution in [0.3, 0.4) is 0 Å². The number of rotatable bonds is 2. The highest BCUT2D eigenvalue weighted by molar-refractivity contribution is 5.02. The summed E-state index contributed by atoms with van der Waals surface area (Å²) in [5.41, 5.74) is 0. The van der Waals surface area contributed by atoms with Crippen molar-refractivity contribution in [2.75, 3.05) is 0 Å². The third kappa shape index (κ3) is 1.57. The summed E-state index contributed by atoms with van der Waals surface area (Å²) in [5.74, 6) is 1.52. The number of hydrogen-bond acceptors (Lipinski definition) is 2. The second-order valence-corrected chi connectivity index (χ2v) is 4.41. The van der Waals surface area contributed by atoms with E-state index >= 15 is 0 Å². The normalized spacial score (nSPS) is 27.4. The average Bonchev–Trinajstić information content (AvgIpc) is 2.70. The Morgan fingerprint density at radius 1 is 1.50 bits per heavy atom. The Bertz CT molecular complexity index is 306. The maximum atomic E-state index is 9.82. The van der Waals surface area contributed by atoms with Crippen LogP contribution in [0.25, 0.3) is 0 Å². The first-order valence-corrected chi connectivity index (χ1v) is 5.41. The van der Waals surface area contributed by atoms with Gasteiger partial charge in [-0.2, -0.15) is 0 Å². The zero-order chi connectivity index (χ0) is 10.1. The largest absolute Gasteiger partial charge is 0.391 e. The maximum absolute atomic E-state index is 9.82. The molecule has 14 heavy (non-hydrogen) atoms. The predicted molar refractivity (Wildman–Crippen MR) is 55.2 cm³/mol. The molecule has 1 N–H and O–H groups in total. The summed E-state index contributed by atoms with van der Waals surface area (Å²) in [6.45, 7) is 4.28. The van der Waals surface area contributed by atoms with E-state index < -0.39 is 0 Å². The van der Waals surface area contributed by atoms with Crippen molar-refractivity contribution in [1.82, 2.24) is 9.55 Å². The lowest BCUT2D eigenvalue weighted by atomic mass is 10.1. The second-order valence-electron chi connectivity index (χ2n) is 4.41.